The number of hydrogen-bond donors (Lipinski definition) is 0. The molecule has 1 atom stereocenters. The van der Waals surface area contributed by atoms with Gasteiger partial charge in [0.1, 0.15) is 6.00 Å². The van der Waals surface area contributed by atoms with Crippen molar-refractivity contribution in [3.8, 4) is 0 Å². The average molecular weight is 142 g/mol. The zero-order valence-corrected chi connectivity index (χ0v) is 6.24. The van der Waals surface area contributed by atoms with Gasteiger partial charge in [-0.1, -0.05) is 0 Å². The highest BCUT2D eigenvalue weighted by Gasteiger charge is 2.30. The van der Waals surface area contributed by atoms with Gasteiger partial charge in [-0.2, -0.15) is 0 Å². The first-order chi connectivity index (χ1) is 4.88. The van der Waals surface area contributed by atoms with Gasteiger partial charge in [0.05, 0.1) is 6.26 Å². The van der Waals surface area contributed by atoms with Crippen LogP contribution >= 0.6 is 0 Å². The lowest BCUT2D eigenvalue weighted by atomic mass is 9.79. The van der Waals surface area contributed by atoms with E-state index in [1.165, 1.54) is 0 Å². The minimum absolute atomic E-state index is 0.0370. The third-order valence-electron chi connectivity index (χ3n) is 1.49. The maximum Gasteiger partial charge on any atom is 0.500 e. The molecule has 4 heteroatoms. The van der Waals surface area contributed by atoms with Crippen LogP contribution in [0, 0.1) is 0 Å². The standard InChI is InChI=1S/C6H11BO3/c1-8-7(9-2)6-4-3-5-10-6/h3,5-6H,4H2,1-2H3/t6-/m0/s1. The summed E-state index contributed by atoms with van der Waals surface area (Å²) in [5.74, 6) is 0. The predicted octanol–water partition coefficient (Wildman–Crippen LogP) is 0.609. The first-order valence-corrected chi connectivity index (χ1v) is 3.24. The Bertz CT molecular complexity index is 114. The summed E-state index contributed by atoms with van der Waals surface area (Å²) in [6.45, 7) is 0. The maximum atomic E-state index is 5.17. The van der Waals surface area contributed by atoms with Crippen molar-refractivity contribution >= 4 is 7.12 Å². The van der Waals surface area contributed by atoms with Crippen LogP contribution in [0.25, 0.3) is 0 Å². The van der Waals surface area contributed by atoms with E-state index in [-0.39, 0.29) is 13.1 Å². The summed E-state index contributed by atoms with van der Waals surface area (Å²) < 4.78 is 15.2. The Morgan fingerprint density at radius 3 is 2.60 bits per heavy atom. The molecule has 0 spiro atoms. The molecule has 0 saturated heterocycles. The summed E-state index contributed by atoms with van der Waals surface area (Å²) in [4.78, 5) is 0. The normalized spacial score (nSPS) is 22.8. The summed E-state index contributed by atoms with van der Waals surface area (Å²) in [6, 6.07) is 0.0370. The van der Waals surface area contributed by atoms with Gasteiger partial charge in [-0.15, -0.1) is 0 Å². The van der Waals surface area contributed by atoms with Crippen molar-refractivity contribution in [3.05, 3.63) is 12.3 Å². The van der Waals surface area contributed by atoms with Crippen molar-refractivity contribution in [1.82, 2.24) is 0 Å². The van der Waals surface area contributed by atoms with Gasteiger partial charge in [-0.25, -0.2) is 0 Å². The highest BCUT2D eigenvalue weighted by atomic mass is 16.6. The second-order valence-corrected chi connectivity index (χ2v) is 2.12. The van der Waals surface area contributed by atoms with Gasteiger partial charge in [0.15, 0.2) is 0 Å². The number of rotatable bonds is 3. The number of ether oxygens (including phenoxy) is 1. The van der Waals surface area contributed by atoms with Crippen molar-refractivity contribution in [2.24, 2.45) is 0 Å². The second kappa shape index (κ2) is 3.63. The van der Waals surface area contributed by atoms with Crippen LogP contribution in [0.5, 0.6) is 0 Å². The zero-order valence-electron chi connectivity index (χ0n) is 6.24. The highest BCUT2D eigenvalue weighted by molar-refractivity contribution is 6.46. The topological polar surface area (TPSA) is 27.7 Å². The van der Waals surface area contributed by atoms with E-state index in [1.807, 2.05) is 6.08 Å². The Balaban J connectivity index is 2.31. The lowest BCUT2D eigenvalue weighted by Crippen LogP contribution is -2.34. The molecule has 0 unspecified atom stereocenters. The van der Waals surface area contributed by atoms with Crippen LogP contribution in [0.4, 0.5) is 0 Å². The molecule has 1 aliphatic heterocycles. The molecule has 0 radical (unpaired) electrons. The lowest BCUT2D eigenvalue weighted by molar-refractivity contribution is 0.163. The molecule has 1 heterocycles. The molecule has 3 nitrogen and oxygen atoms in total. The van der Waals surface area contributed by atoms with Crippen LogP contribution in [0.1, 0.15) is 6.42 Å². The van der Waals surface area contributed by atoms with Gasteiger partial charge in [-0.3, -0.25) is 0 Å². The molecule has 1 rings (SSSR count). The van der Waals surface area contributed by atoms with E-state index >= 15 is 0 Å². The molecule has 0 N–H and O–H groups in total. The van der Waals surface area contributed by atoms with Gasteiger partial charge in [0.2, 0.25) is 0 Å². The Kier molecular flexibility index (Phi) is 2.77. The first kappa shape index (κ1) is 7.63. The number of hydrogen-bond acceptors (Lipinski definition) is 3. The fraction of sp³-hybridized carbons (Fsp3) is 0.667. The van der Waals surface area contributed by atoms with E-state index in [0.717, 1.165) is 6.42 Å². The van der Waals surface area contributed by atoms with E-state index in [4.69, 9.17) is 14.0 Å². The van der Waals surface area contributed by atoms with Gasteiger partial charge in [-0.05, 0) is 6.08 Å². The van der Waals surface area contributed by atoms with E-state index < -0.39 is 0 Å². The minimum atomic E-state index is -0.241. The van der Waals surface area contributed by atoms with Gasteiger partial charge >= 0.3 is 7.12 Å². The maximum absolute atomic E-state index is 5.17. The Hall–Kier alpha value is -0.475. The Labute approximate surface area is 61.1 Å². The van der Waals surface area contributed by atoms with Crippen LogP contribution in [0.2, 0.25) is 0 Å². The van der Waals surface area contributed by atoms with Crippen molar-refractivity contribution in [2.45, 2.75) is 12.4 Å². The van der Waals surface area contributed by atoms with Crippen molar-refractivity contribution in [1.29, 1.82) is 0 Å². The zero-order chi connectivity index (χ0) is 7.40. The monoisotopic (exact) mass is 142 g/mol. The second-order valence-electron chi connectivity index (χ2n) is 2.12. The molecule has 0 fully saturated rings. The molecule has 0 aromatic rings. The fourth-order valence-electron chi connectivity index (χ4n) is 0.977. The van der Waals surface area contributed by atoms with Gasteiger partial charge in [0.25, 0.3) is 0 Å². The smallest absolute Gasteiger partial charge is 0.500 e. The Morgan fingerprint density at radius 2 is 2.20 bits per heavy atom. The van der Waals surface area contributed by atoms with Crippen LogP contribution in [0.3, 0.4) is 0 Å². The SMILES string of the molecule is COB(OC)[C@@H]1CC=CO1. The third kappa shape index (κ3) is 1.52. The molecule has 1 aliphatic rings. The predicted molar refractivity (Wildman–Crippen MR) is 38.4 cm³/mol. The molecule has 0 bridgehead atoms. The van der Waals surface area contributed by atoms with Crippen LogP contribution in [0.15, 0.2) is 12.3 Å². The van der Waals surface area contributed by atoms with Gasteiger partial charge in [0, 0.05) is 20.6 Å². The molecule has 0 saturated carbocycles. The summed E-state index contributed by atoms with van der Waals surface area (Å²) in [5.41, 5.74) is 0. The Morgan fingerprint density at radius 1 is 1.50 bits per heavy atom. The quantitative estimate of drug-likeness (QED) is 0.540. The molecule has 0 amide bonds. The lowest BCUT2D eigenvalue weighted by Gasteiger charge is -2.14. The summed E-state index contributed by atoms with van der Waals surface area (Å²) in [5, 5.41) is 0. The molecular formula is C6H11BO3. The van der Waals surface area contributed by atoms with E-state index in [9.17, 15) is 0 Å². The molecule has 56 valence electrons. The van der Waals surface area contributed by atoms with Crippen LogP contribution < -0.4 is 0 Å². The fourth-order valence-corrected chi connectivity index (χ4v) is 0.977. The molecule has 0 aromatic heterocycles. The summed E-state index contributed by atoms with van der Waals surface area (Å²) in [6.07, 6.45) is 4.50. The van der Waals surface area contributed by atoms with E-state index in [1.54, 1.807) is 20.5 Å². The molecule has 10 heavy (non-hydrogen) atoms. The van der Waals surface area contributed by atoms with Crippen molar-refractivity contribution in [2.75, 3.05) is 14.2 Å². The summed E-state index contributed by atoms with van der Waals surface area (Å²) in [7, 11) is 2.97. The van der Waals surface area contributed by atoms with Gasteiger partial charge < -0.3 is 14.0 Å². The molecule has 0 aromatic carbocycles. The van der Waals surface area contributed by atoms with Crippen LogP contribution in [-0.4, -0.2) is 27.3 Å². The highest BCUT2D eigenvalue weighted by Crippen LogP contribution is 2.12. The first-order valence-electron chi connectivity index (χ1n) is 3.24. The largest absolute Gasteiger partial charge is 0.500 e. The van der Waals surface area contributed by atoms with Crippen molar-refractivity contribution < 1.29 is 14.0 Å². The molecule has 0 aliphatic carbocycles. The average Bonchev–Trinajstić information content (AvgIpc) is 2.43. The minimum Gasteiger partial charge on any atom is -0.500 e. The van der Waals surface area contributed by atoms with E-state index in [2.05, 4.69) is 0 Å². The summed E-state index contributed by atoms with van der Waals surface area (Å²) >= 11 is 0. The third-order valence-corrected chi connectivity index (χ3v) is 1.49. The van der Waals surface area contributed by atoms with Crippen LogP contribution in [-0.2, 0) is 14.0 Å². The van der Waals surface area contributed by atoms with Crippen molar-refractivity contribution in [3.63, 3.8) is 0 Å². The van der Waals surface area contributed by atoms with E-state index in [0.29, 0.717) is 0 Å². The molecular weight excluding hydrogens is 131 g/mol.